The molecule has 1 spiro atoms. The van der Waals surface area contributed by atoms with Crippen LogP contribution in [0.5, 0.6) is 0 Å². The van der Waals surface area contributed by atoms with Gasteiger partial charge in [0.1, 0.15) is 12.4 Å². The lowest BCUT2D eigenvalue weighted by molar-refractivity contribution is -0.205. The number of Topliss-reactive ketones (excluding diaryl/α,β-unsaturated/α-hetero) is 1. The molecule has 1 aliphatic heterocycles. The van der Waals surface area contributed by atoms with E-state index >= 15 is 0 Å². The number of fused-ring (bicyclic) bond motifs is 3. The van der Waals surface area contributed by atoms with E-state index in [9.17, 15) is 19.8 Å². The van der Waals surface area contributed by atoms with Crippen molar-refractivity contribution in [1.29, 1.82) is 0 Å². The average molecular weight is 389 g/mol. The number of ketones is 1. The van der Waals surface area contributed by atoms with Crippen LogP contribution in [-0.2, 0) is 14.3 Å². The smallest absolute Gasteiger partial charge is 0.331 e. The van der Waals surface area contributed by atoms with Crippen molar-refractivity contribution in [3.8, 4) is 0 Å². The molecular weight excluding hydrogens is 356 g/mol. The molecule has 4 fully saturated rings. The molecule has 5 nitrogen and oxygen atoms in total. The summed E-state index contributed by atoms with van der Waals surface area (Å²) in [5.74, 6) is 0.612. The summed E-state index contributed by atoms with van der Waals surface area (Å²) in [5, 5.41) is 20.9. The molecule has 0 unspecified atom stereocenters. The lowest BCUT2D eigenvalue weighted by Gasteiger charge is -2.66. The van der Waals surface area contributed by atoms with E-state index in [0.29, 0.717) is 18.8 Å². The Morgan fingerprint density at radius 3 is 2.46 bits per heavy atom. The zero-order valence-electron chi connectivity index (χ0n) is 16.9. The van der Waals surface area contributed by atoms with Gasteiger partial charge in [0, 0.05) is 16.9 Å². The van der Waals surface area contributed by atoms with Crippen molar-refractivity contribution < 1.29 is 24.5 Å². The van der Waals surface area contributed by atoms with Gasteiger partial charge in [0.25, 0.3) is 0 Å². The largest absolute Gasteiger partial charge is 0.458 e. The number of hydrogen-bond donors (Lipinski definition) is 2. The van der Waals surface area contributed by atoms with Crippen LogP contribution in [0.2, 0.25) is 0 Å². The highest BCUT2D eigenvalue weighted by Crippen LogP contribution is 2.70. The first-order valence-corrected chi connectivity index (χ1v) is 11.0. The molecule has 4 aliphatic carbocycles. The van der Waals surface area contributed by atoms with Gasteiger partial charge < -0.3 is 14.9 Å². The first-order chi connectivity index (χ1) is 13.2. The molecule has 5 rings (SSSR count). The van der Waals surface area contributed by atoms with Crippen LogP contribution in [0.3, 0.4) is 0 Å². The Labute approximate surface area is 166 Å². The second-order valence-corrected chi connectivity index (χ2v) is 10.7. The van der Waals surface area contributed by atoms with E-state index < -0.39 is 17.6 Å². The number of rotatable bonds is 1. The molecule has 5 heteroatoms. The normalized spacial score (nSPS) is 53.1. The number of aliphatic hydroxyl groups excluding tert-OH is 2. The van der Waals surface area contributed by atoms with Crippen LogP contribution in [0.15, 0.2) is 11.6 Å². The van der Waals surface area contributed by atoms with Crippen LogP contribution in [0.25, 0.3) is 0 Å². The maximum atomic E-state index is 14.0. The molecule has 0 aromatic rings. The van der Waals surface area contributed by atoms with Gasteiger partial charge in [0.15, 0.2) is 0 Å². The third-order valence-corrected chi connectivity index (χ3v) is 9.70. The zero-order chi connectivity index (χ0) is 19.9. The molecule has 28 heavy (non-hydrogen) atoms. The van der Waals surface area contributed by atoms with Gasteiger partial charge in [0.2, 0.25) is 0 Å². The third-order valence-electron chi connectivity index (χ3n) is 9.70. The van der Waals surface area contributed by atoms with Gasteiger partial charge in [-0.2, -0.15) is 0 Å². The Kier molecular flexibility index (Phi) is 3.97. The molecule has 0 saturated heterocycles. The lowest BCUT2D eigenvalue weighted by Crippen LogP contribution is -2.66. The number of ether oxygens (including phenoxy) is 1. The third kappa shape index (κ3) is 2.21. The summed E-state index contributed by atoms with van der Waals surface area (Å²) < 4.78 is 5.16. The number of carbonyl (C=O) groups excluding carboxylic acids is 2. The van der Waals surface area contributed by atoms with Crippen molar-refractivity contribution in [3.05, 3.63) is 11.6 Å². The van der Waals surface area contributed by atoms with E-state index in [4.69, 9.17) is 4.74 Å². The summed E-state index contributed by atoms with van der Waals surface area (Å²) in [7, 11) is 0. The summed E-state index contributed by atoms with van der Waals surface area (Å²) in [4.78, 5) is 25.6. The van der Waals surface area contributed by atoms with Crippen LogP contribution < -0.4 is 0 Å². The predicted molar refractivity (Wildman–Crippen MR) is 102 cm³/mol. The van der Waals surface area contributed by atoms with Gasteiger partial charge in [-0.25, -0.2) is 4.79 Å². The number of esters is 1. The molecule has 0 aromatic carbocycles. The molecule has 5 aliphatic rings. The number of cyclic esters (lactones) is 1. The van der Waals surface area contributed by atoms with Gasteiger partial charge in [-0.1, -0.05) is 13.8 Å². The van der Waals surface area contributed by atoms with Crippen LogP contribution in [0.1, 0.15) is 65.2 Å². The summed E-state index contributed by atoms with van der Waals surface area (Å²) in [6.45, 7) is 4.73. The molecule has 2 N–H and O–H groups in total. The van der Waals surface area contributed by atoms with Gasteiger partial charge in [0.05, 0.1) is 12.2 Å². The second kappa shape index (κ2) is 5.91. The Balaban J connectivity index is 1.50. The topological polar surface area (TPSA) is 83.8 Å². The summed E-state index contributed by atoms with van der Waals surface area (Å²) in [5.41, 5.74) is 0.225. The van der Waals surface area contributed by atoms with Crippen LogP contribution in [0.4, 0.5) is 0 Å². The Morgan fingerprint density at radius 1 is 1.00 bits per heavy atom. The van der Waals surface area contributed by atoms with Crippen molar-refractivity contribution in [3.63, 3.8) is 0 Å². The van der Waals surface area contributed by atoms with Crippen LogP contribution in [0, 0.1) is 34.0 Å². The summed E-state index contributed by atoms with van der Waals surface area (Å²) in [6, 6.07) is 0. The van der Waals surface area contributed by atoms with Crippen molar-refractivity contribution in [2.24, 2.45) is 34.0 Å². The highest BCUT2D eigenvalue weighted by atomic mass is 16.5. The fourth-order valence-corrected chi connectivity index (χ4v) is 8.28. The number of carbonyl (C=O) groups is 2. The van der Waals surface area contributed by atoms with Gasteiger partial charge in [-0.3, -0.25) is 4.79 Å². The SMILES string of the molecule is C[C@]12CC[C@H](O)[C@H](O)[C@@H]1CC[C@@]13CC[C@H](C4=CC(=O)OC4)[C@@](C)(CC[C@@H]12)C3=O. The quantitative estimate of drug-likeness (QED) is 0.675. The number of aliphatic hydroxyl groups is 2. The number of hydrogen-bond acceptors (Lipinski definition) is 5. The minimum absolute atomic E-state index is 0.0770. The minimum atomic E-state index is -0.664. The molecule has 0 amide bonds. The maximum absolute atomic E-state index is 14.0. The van der Waals surface area contributed by atoms with E-state index in [1.165, 1.54) is 0 Å². The van der Waals surface area contributed by atoms with E-state index in [1.807, 2.05) is 0 Å². The van der Waals surface area contributed by atoms with Crippen molar-refractivity contribution in [2.45, 2.75) is 77.4 Å². The van der Waals surface area contributed by atoms with Crippen LogP contribution >= 0.6 is 0 Å². The minimum Gasteiger partial charge on any atom is -0.458 e. The van der Waals surface area contributed by atoms with Gasteiger partial charge in [-0.05, 0) is 80.1 Å². The highest BCUT2D eigenvalue weighted by Gasteiger charge is 2.68. The molecule has 2 bridgehead atoms. The summed E-state index contributed by atoms with van der Waals surface area (Å²) in [6.07, 6.45) is 7.15. The molecule has 154 valence electrons. The average Bonchev–Trinajstić information content (AvgIpc) is 3.07. The first kappa shape index (κ1) is 18.8. The molecule has 0 aromatic heterocycles. The molecule has 8 atom stereocenters. The fourth-order valence-electron chi connectivity index (χ4n) is 8.28. The summed E-state index contributed by atoms with van der Waals surface area (Å²) >= 11 is 0. The Hall–Kier alpha value is -1.20. The fraction of sp³-hybridized carbons (Fsp3) is 0.826. The standard InChI is InChI=1S/C23H32O5/c1-21-7-5-16(24)19(26)15(21)4-10-23-9-3-14(13-11-18(25)28-12-13)22(2,20(23)27)8-6-17(21)23/h11,14-17,19,24,26H,3-10,12H2,1-2H3/t14-,15+,16+,17-,19-,21+,22-,23+/m1/s1. The Bertz CT molecular complexity index is 758. The molecule has 4 saturated carbocycles. The van der Waals surface area contributed by atoms with Crippen LogP contribution in [-0.4, -0.2) is 40.8 Å². The van der Waals surface area contributed by atoms with Gasteiger partial charge >= 0.3 is 5.97 Å². The molecule has 0 radical (unpaired) electrons. The zero-order valence-corrected chi connectivity index (χ0v) is 16.9. The highest BCUT2D eigenvalue weighted by molar-refractivity contribution is 5.93. The Morgan fingerprint density at radius 2 is 1.75 bits per heavy atom. The molecule has 1 heterocycles. The lowest BCUT2D eigenvalue weighted by atomic mass is 9.37. The van der Waals surface area contributed by atoms with E-state index in [-0.39, 0.29) is 34.6 Å². The first-order valence-electron chi connectivity index (χ1n) is 11.0. The van der Waals surface area contributed by atoms with E-state index in [2.05, 4.69) is 13.8 Å². The van der Waals surface area contributed by atoms with Crippen molar-refractivity contribution >= 4 is 11.8 Å². The van der Waals surface area contributed by atoms with Crippen molar-refractivity contribution in [1.82, 2.24) is 0 Å². The van der Waals surface area contributed by atoms with Crippen molar-refractivity contribution in [2.75, 3.05) is 6.61 Å². The van der Waals surface area contributed by atoms with Gasteiger partial charge in [-0.15, -0.1) is 0 Å². The second-order valence-electron chi connectivity index (χ2n) is 10.7. The molecular formula is C23H32O5. The van der Waals surface area contributed by atoms with E-state index in [0.717, 1.165) is 50.5 Å². The monoisotopic (exact) mass is 388 g/mol. The predicted octanol–water partition coefficient (Wildman–Crippen LogP) is 2.78. The van der Waals surface area contributed by atoms with E-state index in [1.54, 1.807) is 6.08 Å². The maximum Gasteiger partial charge on any atom is 0.331 e.